The molecule has 0 spiro atoms. The molecular weight excluding hydrogens is 252 g/mol. The lowest BCUT2D eigenvalue weighted by Crippen LogP contribution is -2.08. The maximum Gasteiger partial charge on any atom is -0.000707 e. The summed E-state index contributed by atoms with van der Waals surface area (Å²) in [7, 11) is 0. The molecule has 21 heavy (non-hydrogen) atoms. The predicted octanol–water partition coefficient (Wildman–Crippen LogP) is 4.82. The Morgan fingerprint density at radius 3 is 2.19 bits per heavy atom. The van der Waals surface area contributed by atoms with Crippen molar-refractivity contribution in [1.29, 1.82) is 0 Å². The van der Waals surface area contributed by atoms with Crippen LogP contribution in [0.5, 0.6) is 0 Å². The molecule has 0 unspecified atom stereocenters. The SMILES string of the molecule is [c]1cc2c(c3c1Cc1ccc4c(c1-3)CCCC4)CCCC2. The average molecular weight is 273 g/mol. The molecule has 0 heterocycles. The minimum Gasteiger partial charge on any atom is -0.0584 e. The molecule has 3 aliphatic rings. The summed E-state index contributed by atoms with van der Waals surface area (Å²) >= 11 is 0. The second-order valence-electron chi connectivity index (χ2n) is 6.97. The van der Waals surface area contributed by atoms with E-state index in [0.29, 0.717) is 0 Å². The lowest BCUT2D eigenvalue weighted by molar-refractivity contribution is 0.682. The van der Waals surface area contributed by atoms with Crippen LogP contribution in [0.3, 0.4) is 0 Å². The molecule has 0 N–H and O–H groups in total. The van der Waals surface area contributed by atoms with E-state index in [1.165, 1.54) is 56.9 Å². The minimum atomic E-state index is 1.12. The molecule has 2 aromatic rings. The number of fused-ring (bicyclic) bond motifs is 7. The normalized spacial score (nSPS) is 18.7. The summed E-state index contributed by atoms with van der Waals surface area (Å²) in [6.07, 6.45) is 11.7. The zero-order chi connectivity index (χ0) is 13.8. The van der Waals surface area contributed by atoms with Crippen LogP contribution < -0.4 is 0 Å². The second kappa shape index (κ2) is 4.47. The van der Waals surface area contributed by atoms with Crippen LogP contribution in [-0.4, -0.2) is 0 Å². The van der Waals surface area contributed by atoms with Gasteiger partial charge in [0.05, 0.1) is 0 Å². The molecule has 0 saturated heterocycles. The number of hydrogen-bond donors (Lipinski definition) is 0. The van der Waals surface area contributed by atoms with E-state index in [9.17, 15) is 0 Å². The molecule has 0 saturated carbocycles. The first kappa shape index (κ1) is 12.0. The number of hydrogen-bond acceptors (Lipinski definition) is 0. The Bertz CT molecular complexity index is 673. The number of rotatable bonds is 0. The predicted molar refractivity (Wildman–Crippen MR) is 86.8 cm³/mol. The van der Waals surface area contributed by atoms with Gasteiger partial charge >= 0.3 is 0 Å². The fourth-order valence-corrected chi connectivity index (χ4v) is 4.77. The van der Waals surface area contributed by atoms with Crippen molar-refractivity contribution in [3.63, 3.8) is 0 Å². The molecule has 3 aliphatic carbocycles. The third-order valence-corrected chi connectivity index (χ3v) is 5.77. The van der Waals surface area contributed by atoms with E-state index in [0.717, 1.165) is 6.42 Å². The standard InChI is InChI=1S/C21H21/c1-3-7-18-14(5-1)9-11-16-13-17-12-10-15-6-2-4-8-19(15)21(17)20(16)18/h9-11H,1-8,13H2. The first-order valence-electron chi connectivity index (χ1n) is 8.61. The summed E-state index contributed by atoms with van der Waals surface area (Å²) in [4.78, 5) is 0. The highest BCUT2D eigenvalue weighted by atomic mass is 14.3. The van der Waals surface area contributed by atoms with Crippen molar-refractivity contribution in [3.8, 4) is 11.1 Å². The van der Waals surface area contributed by atoms with Crippen molar-refractivity contribution in [1.82, 2.24) is 0 Å². The van der Waals surface area contributed by atoms with E-state index >= 15 is 0 Å². The third kappa shape index (κ3) is 1.68. The van der Waals surface area contributed by atoms with Crippen LogP contribution in [0, 0.1) is 6.07 Å². The van der Waals surface area contributed by atoms with Gasteiger partial charge in [0.2, 0.25) is 0 Å². The Morgan fingerprint density at radius 2 is 1.33 bits per heavy atom. The summed E-state index contributed by atoms with van der Waals surface area (Å²) in [5.74, 6) is 0. The molecule has 0 fully saturated rings. The lowest BCUT2D eigenvalue weighted by atomic mass is 9.81. The van der Waals surface area contributed by atoms with Crippen LogP contribution >= 0.6 is 0 Å². The van der Waals surface area contributed by atoms with E-state index < -0.39 is 0 Å². The van der Waals surface area contributed by atoms with Gasteiger partial charge in [0.1, 0.15) is 0 Å². The van der Waals surface area contributed by atoms with Crippen molar-refractivity contribution in [2.45, 2.75) is 57.8 Å². The highest BCUT2D eigenvalue weighted by molar-refractivity contribution is 5.84. The molecule has 0 bridgehead atoms. The fraction of sp³-hybridized carbons (Fsp3) is 0.429. The Kier molecular flexibility index (Phi) is 2.56. The Balaban J connectivity index is 1.80. The van der Waals surface area contributed by atoms with Gasteiger partial charge in [0, 0.05) is 0 Å². The molecule has 0 aliphatic heterocycles. The molecule has 0 amide bonds. The highest BCUT2D eigenvalue weighted by Gasteiger charge is 2.28. The van der Waals surface area contributed by atoms with Gasteiger partial charge in [-0.3, -0.25) is 0 Å². The van der Waals surface area contributed by atoms with Crippen LogP contribution in [0.2, 0.25) is 0 Å². The van der Waals surface area contributed by atoms with Crippen molar-refractivity contribution in [3.05, 3.63) is 57.6 Å². The third-order valence-electron chi connectivity index (χ3n) is 5.77. The minimum absolute atomic E-state index is 1.12. The molecule has 1 radical (unpaired) electrons. The Hall–Kier alpha value is -1.56. The van der Waals surface area contributed by atoms with Crippen LogP contribution in [0.25, 0.3) is 11.1 Å². The quantitative estimate of drug-likeness (QED) is 0.551. The average Bonchev–Trinajstić information content (AvgIpc) is 2.94. The van der Waals surface area contributed by atoms with Crippen molar-refractivity contribution in [2.75, 3.05) is 0 Å². The molecule has 0 nitrogen and oxygen atoms in total. The van der Waals surface area contributed by atoms with Crippen molar-refractivity contribution >= 4 is 0 Å². The summed E-state index contributed by atoms with van der Waals surface area (Å²) in [5.41, 5.74) is 12.9. The monoisotopic (exact) mass is 273 g/mol. The Morgan fingerprint density at radius 1 is 0.667 bits per heavy atom. The van der Waals surface area contributed by atoms with E-state index in [1.807, 2.05) is 0 Å². The van der Waals surface area contributed by atoms with Crippen LogP contribution in [0.1, 0.15) is 59.1 Å². The van der Waals surface area contributed by atoms with Crippen LogP contribution in [-0.2, 0) is 32.1 Å². The van der Waals surface area contributed by atoms with Gasteiger partial charge in [-0.1, -0.05) is 18.2 Å². The Labute approximate surface area is 127 Å². The summed E-state index contributed by atoms with van der Waals surface area (Å²) in [6.45, 7) is 0. The van der Waals surface area contributed by atoms with Gasteiger partial charge in [-0.15, -0.1) is 0 Å². The van der Waals surface area contributed by atoms with Crippen LogP contribution in [0.4, 0.5) is 0 Å². The molecule has 2 aromatic carbocycles. The van der Waals surface area contributed by atoms with Crippen molar-refractivity contribution < 1.29 is 0 Å². The lowest BCUT2D eigenvalue weighted by Gasteiger charge is -2.23. The van der Waals surface area contributed by atoms with Crippen LogP contribution in [0.15, 0.2) is 18.2 Å². The fourth-order valence-electron chi connectivity index (χ4n) is 4.77. The van der Waals surface area contributed by atoms with Gasteiger partial charge < -0.3 is 0 Å². The van der Waals surface area contributed by atoms with Gasteiger partial charge in [-0.25, -0.2) is 0 Å². The van der Waals surface area contributed by atoms with Gasteiger partial charge in [-0.2, -0.15) is 0 Å². The summed E-state index contributed by atoms with van der Waals surface area (Å²) in [5, 5.41) is 0. The van der Waals surface area contributed by atoms with Crippen molar-refractivity contribution in [2.24, 2.45) is 0 Å². The molecule has 0 aromatic heterocycles. The van der Waals surface area contributed by atoms with Gasteiger partial charge in [0.15, 0.2) is 0 Å². The first-order chi connectivity index (χ1) is 10.4. The molecule has 0 heteroatoms. The molecule has 105 valence electrons. The zero-order valence-electron chi connectivity index (χ0n) is 12.6. The molecular formula is C21H21. The molecule has 0 atom stereocenters. The topological polar surface area (TPSA) is 0 Å². The number of aryl methyl sites for hydroxylation is 2. The highest BCUT2D eigenvalue weighted by Crippen LogP contribution is 2.46. The largest absolute Gasteiger partial charge is 0.0584 e. The maximum atomic E-state index is 3.63. The van der Waals surface area contributed by atoms with Gasteiger partial charge in [-0.05, 0) is 108 Å². The van der Waals surface area contributed by atoms with E-state index in [4.69, 9.17) is 0 Å². The van der Waals surface area contributed by atoms with E-state index in [1.54, 1.807) is 38.9 Å². The summed E-state index contributed by atoms with van der Waals surface area (Å²) < 4.78 is 0. The maximum absolute atomic E-state index is 3.63. The number of benzene rings is 2. The smallest absolute Gasteiger partial charge is 0.000707 e. The summed E-state index contributed by atoms with van der Waals surface area (Å²) in [6, 6.07) is 10.7. The van der Waals surface area contributed by atoms with Gasteiger partial charge in [0.25, 0.3) is 0 Å². The van der Waals surface area contributed by atoms with E-state index in [2.05, 4.69) is 24.3 Å². The molecule has 5 rings (SSSR count). The second-order valence-corrected chi connectivity index (χ2v) is 6.97. The first-order valence-corrected chi connectivity index (χ1v) is 8.61. The van der Waals surface area contributed by atoms with E-state index in [-0.39, 0.29) is 0 Å². The zero-order valence-corrected chi connectivity index (χ0v) is 12.6.